The summed E-state index contributed by atoms with van der Waals surface area (Å²) < 4.78 is 10.1. The standard InChI is InChI=1S/C15H29NO4/c1-7-19-13(17)9-8-12(10-11(2)3)16-14(18)20-15(4,5)6/h11-12H,7-10H2,1-6H3,(H,16,18). The molecule has 0 spiro atoms. The third-order valence-corrected chi connectivity index (χ3v) is 2.48. The molecule has 0 aliphatic rings. The molecule has 5 nitrogen and oxygen atoms in total. The molecule has 0 aliphatic heterocycles. The van der Waals surface area contributed by atoms with Crippen LogP contribution in [0.4, 0.5) is 4.79 Å². The van der Waals surface area contributed by atoms with Gasteiger partial charge in [0.15, 0.2) is 0 Å². The van der Waals surface area contributed by atoms with Gasteiger partial charge in [-0.25, -0.2) is 4.79 Å². The molecule has 1 atom stereocenters. The van der Waals surface area contributed by atoms with Crippen LogP contribution in [-0.2, 0) is 14.3 Å². The van der Waals surface area contributed by atoms with Gasteiger partial charge in [0.2, 0.25) is 0 Å². The molecule has 5 heteroatoms. The van der Waals surface area contributed by atoms with Crippen LogP contribution in [0, 0.1) is 5.92 Å². The Morgan fingerprint density at radius 2 is 1.80 bits per heavy atom. The molecule has 0 aromatic heterocycles. The summed E-state index contributed by atoms with van der Waals surface area (Å²) in [5, 5.41) is 2.83. The lowest BCUT2D eigenvalue weighted by atomic mass is 10.00. The van der Waals surface area contributed by atoms with E-state index in [4.69, 9.17) is 9.47 Å². The van der Waals surface area contributed by atoms with E-state index in [0.717, 1.165) is 6.42 Å². The summed E-state index contributed by atoms with van der Waals surface area (Å²) in [6, 6.07) is -0.0748. The predicted octanol–water partition coefficient (Wildman–Crippen LogP) is 3.27. The first-order valence-electron chi connectivity index (χ1n) is 7.29. The molecule has 0 radical (unpaired) electrons. The number of nitrogens with one attached hydrogen (secondary N) is 1. The van der Waals surface area contributed by atoms with Crippen molar-refractivity contribution in [1.82, 2.24) is 5.32 Å². The fourth-order valence-corrected chi connectivity index (χ4v) is 1.82. The van der Waals surface area contributed by atoms with Crippen LogP contribution < -0.4 is 5.32 Å². The number of ether oxygens (including phenoxy) is 2. The van der Waals surface area contributed by atoms with E-state index in [2.05, 4.69) is 19.2 Å². The molecular weight excluding hydrogens is 258 g/mol. The van der Waals surface area contributed by atoms with Crippen molar-refractivity contribution < 1.29 is 19.1 Å². The largest absolute Gasteiger partial charge is 0.466 e. The fourth-order valence-electron chi connectivity index (χ4n) is 1.82. The van der Waals surface area contributed by atoms with Crippen LogP contribution in [0.2, 0.25) is 0 Å². The maximum Gasteiger partial charge on any atom is 0.407 e. The molecule has 0 rings (SSSR count). The van der Waals surface area contributed by atoms with E-state index in [0.29, 0.717) is 25.4 Å². The van der Waals surface area contributed by atoms with Crippen molar-refractivity contribution in [1.29, 1.82) is 0 Å². The van der Waals surface area contributed by atoms with E-state index in [1.54, 1.807) is 6.92 Å². The van der Waals surface area contributed by atoms with Crippen molar-refractivity contribution in [2.45, 2.75) is 72.4 Å². The minimum Gasteiger partial charge on any atom is -0.466 e. The first-order chi connectivity index (χ1) is 9.14. The quantitative estimate of drug-likeness (QED) is 0.730. The average molecular weight is 287 g/mol. The van der Waals surface area contributed by atoms with E-state index in [-0.39, 0.29) is 12.0 Å². The highest BCUT2D eigenvalue weighted by Gasteiger charge is 2.20. The molecule has 1 amide bonds. The molecule has 118 valence electrons. The molecule has 0 aliphatic carbocycles. The van der Waals surface area contributed by atoms with Crippen molar-refractivity contribution in [3.05, 3.63) is 0 Å². The van der Waals surface area contributed by atoms with Crippen molar-refractivity contribution >= 4 is 12.1 Å². The first-order valence-corrected chi connectivity index (χ1v) is 7.29. The minimum atomic E-state index is -0.520. The summed E-state index contributed by atoms with van der Waals surface area (Å²) in [6.07, 6.45) is 1.24. The summed E-state index contributed by atoms with van der Waals surface area (Å²) in [7, 11) is 0. The Hall–Kier alpha value is -1.26. The molecule has 0 saturated heterocycles. The van der Waals surface area contributed by atoms with Gasteiger partial charge in [0.1, 0.15) is 5.60 Å². The first kappa shape index (κ1) is 18.7. The molecule has 0 bridgehead atoms. The van der Waals surface area contributed by atoms with Crippen molar-refractivity contribution in [3.8, 4) is 0 Å². The monoisotopic (exact) mass is 287 g/mol. The predicted molar refractivity (Wildman–Crippen MR) is 78.5 cm³/mol. The number of hydrogen-bond acceptors (Lipinski definition) is 4. The second kappa shape index (κ2) is 8.82. The lowest BCUT2D eigenvalue weighted by Crippen LogP contribution is -2.40. The lowest BCUT2D eigenvalue weighted by molar-refractivity contribution is -0.143. The Kier molecular flexibility index (Phi) is 8.26. The number of alkyl carbamates (subject to hydrolysis) is 1. The minimum absolute atomic E-state index is 0.0748. The number of carbonyl (C=O) groups excluding carboxylic acids is 2. The zero-order chi connectivity index (χ0) is 15.8. The van der Waals surface area contributed by atoms with E-state index >= 15 is 0 Å². The molecule has 0 fully saturated rings. The van der Waals surface area contributed by atoms with Crippen LogP contribution in [-0.4, -0.2) is 30.3 Å². The van der Waals surface area contributed by atoms with Gasteiger partial charge in [-0.15, -0.1) is 0 Å². The van der Waals surface area contributed by atoms with E-state index < -0.39 is 11.7 Å². The SMILES string of the molecule is CCOC(=O)CCC(CC(C)C)NC(=O)OC(C)(C)C. The summed E-state index contributed by atoms with van der Waals surface area (Å²) in [5.41, 5.74) is -0.520. The average Bonchev–Trinajstić information content (AvgIpc) is 2.22. The van der Waals surface area contributed by atoms with Gasteiger partial charge >= 0.3 is 12.1 Å². The highest BCUT2D eigenvalue weighted by molar-refractivity contribution is 5.70. The van der Waals surface area contributed by atoms with Crippen LogP contribution in [0.25, 0.3) is 0 Å². The van der Waals surface area contributed by atoms with Gasteiger partial charge in [-0.05, 0) is 46.5 Å². The molecule has 0 aromatic carbocycles. The Balaban J connectivity index is 4.34. The molecule has 1 unspecified atom stereocenters. The van der Waals surface area contributed by atoms with Gasteiger partial charge in [-0.3, -0.25) is 4.79 Å². The van der Waals surface area contributed by atoms with Gasteiger partial charge < -0.3 is 14.8 Å². The van der Waals surface area contributed by atoms with Crippen molar-refractivity contribution in [2.75, 3.05) is 6.61 Å². The van der Waals surface area contributed by atoms with Crippen LogP contribution in [0.3, 0.4) is 0 Å². The lowest BCUT2D eigenvalue weighted by Gasteiger charge is -2.24. The topological polar surface area (TPSA) is 64.6 Å². The van der Waals surface area contributed by atoms with Crippen LogP contribution in [0.1, 0.15) is 60.8 Å². The van der Waals surface area contributed by atoms with Crippen LogP contribution in [0.15, 0.2) is 0 Å². The van der Waals surface area contributed by atoms with Gasteiger partial charge in [-0.1, -0.05) is 13.8 Å². The number of hydrogen-bond donors (Lipinski definition) is 1. The van der Waals surface area contributed by atoms with Crippen molar-refractivity contribution in [3.63, 3.8) is 0 Å². The second-order valence-electron chi connectivity index (χ2n) is 6.32. The molecule has 20 heavy (non-hydrogen) atoms. The van der Waals surface area contributed by atoms with Gasteiger partial charge in [0, 0.05) is 12.5 Å². The molecule has 1 N–H and O–H groups in total. The normalized spacial score (nSPS) is 12.9. The fraction of sp³-hybridized carbons (Fsp3) is 0.867. The second-order valence-corrected chi connectivity index (χ2v) is 6.32. The summed E-state index contributed by atoms with van der Waals surface area (Å²) in [6.45, 7) is 11.8. The number of rotatable bonds is 7. The number of carbonyl (C=O) groups is 2. The third kappa shape index (κ3) is 10.6. The summed E-state index contributed by atoms with van der Waals surface area (Å²) in [4.78, 5) is 23.2. The van der Waals surface area contributed by atoms with Gasteiger partial charge in [0.05, 0.1) is 6.61 Å². The van der Waals surface area contributed by atoms with E-state index in [9.17, 15) is 9.59 Å². The maximum atomic E-state index is 11.8. The van der Waals surface area contributed by atoms with Crippen LogP contribution in [0.5, 0.6) is 0 Å². The summed E-state index contributed by atoms with van der Waals surface area (Å²) >= 11 is 0. The highest BCUT2D eigenvalue weighted by atomic mass is 16.6. The summed E-state index contributed by atoms with van der Waals surface area (Å²) in [5.74, 6) is 0.198. The Bertz CT molecular complexity index is 307. The zero-order valence-electron chi connectivity index (χ0n) is 13.6. The van der Waals surface area contributed by atoms with Gasteiger partial charge in [-0.2, -0.15) is 0 Å². The Labute approximate surface area is 122 Å². The maximum absolute atomic E-state index is 11.8. The number of amides is 1. The number of esters is 1. The Morgan fingerprint density at radius 3 is 2.25 bits per heavy atom. The molecule has 0 heterocycles. The molecule has 0 saturated carbocycles. The van der Waals surface area contributed by atoms with Gasteiger partial charge in [0.25, 0.3) is 0 Å². The molecule has 0 aromatic rings. The van der Waals surface area contributed by atoms with E-state index in [1.165, 1.54) is 0 Å². The Morgan fingerprint density at radius 1 is 1.20 bits per heavy atom. The zero-order valence-corrected chi connectivity index (χ0v) is 13.6. The van der Waals surface area contributed by atoms with E-state index in [1.807, 2.05) is 20.8 Å². The highest BCUT2D eigenvalue weighted by Crippen LogP contribution is 2.13. The van der Waals surface area contributed by atoms with Crippen molar-refractivity contribution in [2.24, 2.45) is 5.92 Å². The third-order valence-electron chi connectivity index (χ3n) is 2.48. The van der Waals surface area contributed by atoms with Crippen LogP contribution >= 0.6 is 0 Å². The smallest absolute Gasteiger partial charge is 0.407 e. The molecular formula is C15H29NO4.